The van der Waals surface area contributed by atoms with Gasteiger partial charge in [0.05, 0.1) is 11.3 Å². The van der Waals surface area contributed by atoms with Crippen LogP contribution in [0.5, 0.6) is 0 Å². The summed E-state index contributed by atoms with van der Waals surface area (Å²) in [6.07, 6.45) is 3.05. The zero-order valence-corrected chi connectivity index (χ0v) is 9.67. The van der Waals surface area contributed by atoms with Crippen molar-refractivity contribution in [3.63, 3.8) is 0 Å². The lowest BCUT2D eigenvalue weighted by atomic mass is 10.1. The van der Waals surface area contributed by atoms with Crippen LogP contribution in [0.3, 0.4) is 0 Å². The second kappa shape index (κ2) is 4.73. The summed E-state index contributed by atoms with van der Waals surface area (Å²) in [7, 11) is 0. The first-order valence-electron chi connectivity index (χ1n) is 5.41. The van der Waals surface area contributed by atoms with Crippen molar-refractivity contribution in [2.75, 3.05) is 5.32 Å². The molecule has 0 radical (unpaired) electrons. The maximum Gasteiger partial charge on any atom is 0.101 e. The highest BCUT2D eigenvalue weighted by atomic mass is 35.5. The third-order valence-electron chi connectivity index (χ3n) is 2.93. The molecule has 1 saturated carbocycles. The maximum absolute atomic E-state index is 8.98. The topological polar surface area (TPSA) is 61.8 Å². The van der Waals surface area contributed by atoms with E-state index in [9.17, 15) is 0 Å². The molecule has 3 N–H and O–H groups in total. The molecule has 4 heteroatoms. The number of hydrogen-bond acceptors (Lipinski definition) is 3. The highest BCUT2D eigenvalue weighted by Gasteiger charge is 2.22. The van der Waals surface area contributed by atoms with Gasteiger partial charge < -0.3 is 11.1 Å². The summed E-state index contributed by atoms with van der Waals surface area (Å²) in [5.41, 5.74) is 7.29. The van der Waals surface area contributed by atoms with Crippen molar-refractivity contribution in [3.8, 4) is 6.07 Å². The zero-order valence-electron chi connectivity index (χ0n) is 8.91. The molecule has 1 fully saturated rings. The van der Waals surface area contributed by atoms with Crippen molar-refractivity contribution in [2.45, 2.75) is 31.3 Å². The van der Waals surface area contributed by atoms with Gasteiger partial charge in [-0.2, -0.15) is 5.26 Å². The predicted molar refractivity (Wildman–Crippen MR) is 65.4 cm³/mol. The van der Waals surface area contributed by atoms with Gasteiger partial charge in [0.15, 0.2) is 0 Å². The van der Waals surface area contributed by atoms with E-state index in [0.29, 0.717) is 16.6 Å². The molecule has 1 aliphatic carbocycles. The van der Waals surface area contributed by atoms with Crippen molar-refractivity contribution >= 4 is 17.3 Å². The first-order chi connectivity index (χ1) is 7.69. The van der Waals surface area contributed by atoms with Gasteiger partial charge in [0, 0.05) is 17.1 Å². The van der Waals surface area contributed by atoms with E-state index in [0.717, 1.165) is 24.9 Å². The summed E-state index contributed by atoms with van der Waals surface area (Å²) in [5, 5.41) is 13.0. The molecule has 1 aromatic carbocycles. The Morgan fingerprint density at radius 3 is 2.88 bits per heavy atom. The Morgan fingerprint density at radius 1 is 1.44 bits per heavy atom. The van der Waals surface area contributed by atoms with Gasteiger partial charge in [0.1, 0.15) is 6.07 Å². The molecular weight excluding hydrogens is 222 g/mol. The van der Waals surface area contributed by atoms with E-state index in [1.165, 1.54) is 0 Å². The van der Waals surface area contributed by atoms with E-state index in [1.54, 1.807) is 18.2 Å². The van der Waals surface area contributed by atoms with Gasteiger partial charge in [-0.25, -0.2) is 0 Å². The van der Waals surface area contributed by atoms with E-state index in [1.807, 2.05) is 0 Å². The lowest BCUT2D eigenvalue weighted by Crippen LogP contribution is -2.21. The second-order valence-electron chi connectivity index (χ2n) is 4.22. The molecule has 3 nitrogen and oxygen atoms in total. The number of halogens is 1. The number of nitrogens with two attached hydrogens (primary N) is 1. The summed E-state index contributed by atoms with van der Waals surface area (Å²) in [6, 6.07) is 8.06. The molecular formula is C12H14ClN3. The molecule has 84 valence electrons. The van der Waals surface area contributed by atoms with Gasteiger partial charge in [0.25, 0.3) is 0 Å². The molecule has 0 aromatic heterocycles. The average Bonchev–Trinajstić information content (AvgIpc) is 2.64. The SMILES string of the molecule is N#Cc1ccc(Cl)cc1NC1CCC(N)C1. The molecule has 1 aliphatic rings. The molecule has 2 atom stereocenters. The average molecular weight is 236 g/mol. The van der Waals surface area contributed by atoms with Crippen molar-refractivity contribution < 1.29 is 0 Å². The van der Waals surface area contributed by atoms with E-state index in [-0.39, 0.29) is 6.04 Å². The minimum atomic E-state index is 0.280. The largest absolute Gasteiger partial charge is 0.381 e. The molecule has 0 amide bonds. The number of rotatable bonds is 2. The van der Waals surface area contributed by atoms with Crippen molar-refractivity contribution in [1.82, 2.24) is 0 Å². The van der Waals surface area contributed by atoms with E-state index >= 15 is 0 Å². The van der Waals surface area contributed by atoms with Crippen LogP contribution in [0, 0.1) is 11.3 Å². The predicted octanol–water partition coefficient (Wildman–Crippen LogP) is 2.50. The normalized spacial score (nSPS) is 24.1. The minimum Gasteiger partial charge on any atom is -0.381 e. The molecule has 0 saturated heterocycles. The maximum atomic E-state index is 8.98. The van der Waals surface area contributed by atoms with Gasteiger partial charge in [-0.05, 0) is 37.5 Å². The fourth-order valence-electron chi connectivity index (χ4n) is 2.10. The van der Waals surface area contributed by atoms with Crippen molar-refractivity contribution in [1.29, 1.82) is 5.26 Å². The Morgan fingerprint density at radius 2 is 2.25 bits per heavy atom. The van der Waals surface area contributed by atoms with Crippen LogP contribution in [0.1, 0.15) is 24.8 Å². The standard InChI is InChI=1S/C12H14ClN3/c13-9-2-1-8(7-14)12(5-9)16-11-4-3-10(15)6-11/h1-2,5,10-11,16H,3-4,6,15H2. The highest BCUT2D eigenvalue weighted by molar-refractivity contribution is 6.30. The van der Waals surface area contributed by atoms with Gasteiger partial charge in [-0.15, -0.1) is 0 Å². The molecule has 0 aliphatic heterocycles. The lowest BCUT2D eigenvalue weighted by molar-refractivity contribution is 0.688. The smallest absolute Gasteiger partial charge is 0.101 e. The summed E-state index contributed by atoms with van der Waals surface area (Å²) >= 11 is 5.91. The van der Waals surface area contributed by atoms with Crippen LogP contribution in [0.15, 0.2) is 18.2 Å². The number of nitrogens with one attached hydrogen (secondary N) is 1. The van der Waals surface area contributed by atoms with Crippen molar-refractivity contribution in [3.05, 3.63) is 28.8 Å². The number of benzene rings is 1. The van der Waals surface area contributed by atoms with Gasteiger partial charge in [-0.3, -0.25) is 0 Å². The summed E-state index contributed by atoms with van der Waals surface area (Å²) < 4.78 is 0. The molecule has 0 spiro atoms. The second-order valence-corrected chi connectivity index (χ2v) is 4.65. The molecule has 1 aromatic rings. The summed E-state index contributed by atoms with van der Waals surface area (Å²) in [4.78, 5) is 0. The van der Waals surface area contributed by atoms with E-state index in [4.69, 9.17) is 22.6 Å². The van der Waals surface area contributed by atoms with Gasteiger partial charge >= 0.3 is 0 Å². The Hall–Kier alpha value is -1.24. The van der Waals surface area contributed by atoms with Gasteiger partial charge in [0.2, 0.25) is 0 Å². The third kappa shape index (κ3) is 2.46. The van der Waals surface area contributed by atoms with Crippen LogP contribution in [-0.2, 0) is 0 Å². The van der Waals surface area contributed by atoms with Gasteiger partial charge in [-0.1, -0.05) is 11.6 Å². The fraction of sp³-hybridized carbons (Fsp3) is 0.417. The Bertz CT molecular complexity index is 425. The molecule has 0 heterocycles. The summed E-state index contributed by atoms with van der Waals surface area (Å²) in [6.45, 7) is 0. The van der Waals surface area contributed by atoms with E-state index < -0.39 is 0 Å². The van der Waals surface area contributed by atoms with E-state index in [2.05, 4.69) is 11.4 Å². The number of nitriles is 1. The molecule has 2 rings (SSSR count). The van der Waals surface area contributed by atoms with Crippen LogP contribution in [0.25, 0.3) is 0 Å². The first kappa shape index (κ1) is 11.3. The molecule has 0 bridgehead atoms. The Labute approximate surface area is 100 Å². The zero-order chi connectivity index (χ0) is 11.5. The lowest BCUT2D eigenvalue weighted by Gasteiger charge is -2.15. The minimum absolute atomic E-state index is 0.280. The monoisotopic (exact) mass is 235 g/mol. The first-order valence-corrected chi connectivity index (χ1v) is 5.78. The Balaban J connectivity index is 2.14. The van der Waals surface area contributed by atoms with Crippen LogP contribution in [-0.4, -0.2) is 12.1 Å². The number of hydrogen-bond donors (Lipinski definition) is 2. The molecule has 2 unspecified atom stereocenters. The van der Waals surface area contributed by atoms with Crippen LogP contribution < -0.4 is 11.1 Å². The van der Waals surface area contributed by atoms with Crippen LogP contribution in [0.4, 0.5) is 5.69 Å². The summed E-state index contributed by atoms with van der Waals surface area (Å²) in [5.74, 6) is 0. The van der Waals surface area contributed by atoms with Crippen LogP contribution >= 0.6 is 11.6 Å². The quantitative estimate of drug-likeness (QED) is 0.828. The highest BCUT2D eigenvalue weighted by Crippen LogP contribution is 2.26. The molecule has 16 heavy (non-hydrogen) atoms. The Kier molecular flexibility index (Phi) is 3.33. The van der Waals surface area contributed by atoms with Crippen molar-refractivity contribution in [2.24, 2.45) is 5.73 Å². The van der Waals surface area contributed by atoms with Crippen LogP contribution in [0.2, 0.25) is 5.02 Å². The number of anilines is 1. The fourth-order valence-corrected chi connectivity index (χ4v) is 2.27. The number of nitrogens with zero attached hydrogens (tertiary/aromatic N) is 1. The third-order valence-corrected chi connectivity index (χ3v) is 3.17.